The molecular weight excluding hydrogens is 442 g/mol. The molecule has 2 saturated heterocycles. The van der Waals surface area contributed by atoms with Crippen molar-refractivity contribution < 1.29 is 19.0 Å². The molecule has 0 bridgehead atoms. The Morgan fingerprint density at radius 1 is 1.09 bits per heavy atom. The Morgan fingerprint density at radius 2 is 1.79 bits per heavy atom. The largest absolute Gasteiger partial charge is 0.434 e. The first-order valence-corrected chi connectivity index (χ1v) is 12.6. The second kappa shape index (κ2) is 11.8. The van der Waals surface area contributed by atoms with Crippen LogP contribution in [0.2, 0.25) is 5.15 Å². The summed E-state index contributed by atoms with van der Waals surface area (Å²) in [6.07, 6.45) is 7.20. The molecule has 8 heteroatoms. The zero-order valence-electron chi connectivity index (χ0n) is 20.7. The fourth-order valence-electron chi connectivity index (χ4n) is 4.73. The zero-order chi connectivity index (χ0) is 23.9. The van der Waals surface area contributed by atoms with E-state index in [0.717, 1.165) is 82.6 Å². The molecule has 0 radical (unpaired) electrons. The smallest absolute Gasteiger partial charge is 0.308 e. The summed E-state index contributed by atoms with van der Waals surface area (Å²) in [6.45, 7) is 7.25. The van der Waals surface area contributed by atoms with Crippen LogP contribution in [0.4, 0.5) is 5.69 Å². The number of aromatic nitrogens is 1. The van der Waals surface area contributed by atoms with Crippen molar-refractivity contribution in [3.63, 3.8) is 0 Å². The average molecular weight is 482 g/mol. The molecule has 186 valence electrons. The van der Waals surface area contributed by atoms with Gasteiger partial charge in [0.25, 0.3) is 0 Å². The third-order valence-corrected chi connectivity index (χ3v) is 6.46. The summed E-state index contributed by atoms with van der Waals surface area (Å²) in [6, 6.07) is 3.91. The van der Waals surface area contributed by atoms with Gasteiger partial charge < -0.3 is 24.0 Å². The number of pyridine rings is 1. The van der Waals surface area contributed by atoms with E-state index in [1.165, 1.54) is 0 Å². The van der Waals surface area contributed by atoms with E-state index in [9.17, 15) is 4.79 Å². The van der Waals surface area contributed by atoms with Gasteiger partial charge in [-0.2, -0.15) is 0 Å². The number of ether oxygens (including phenoxy) is 3. The predicted octanol–water partition coefficient (Wildman–Crippen LogP) is 4.80. The minimum Gasteiger partial charge on any atom is -0.434 e. The summed E-state index contributed by atoms with van der Waals surface area (Å²) in [4.78, 5) is 21.4. The molecule has 3 heterocycles. The third kappa shape index (κ3) is 8.09. The molecule has 0 aliphatic carbocycles. The lowest BCUT2D eigenvalue weighted by Crippen LogP contribution is -2.53. The van der Waals surface area contributed by atoms with E-state index in [2.05, 4.69) is 20.9 Å². The lowest BCUT2D eigenvalue weighted by molar-refractivity contribution is -0.274. The van der Waals surface area contributed by atoms with E-state index in [1.54, 1.807) is 0 Å². The van der Waals surface area contributed by atoms with Crippen LogP contribution in [-0.4, -0.2) is 67.6 Å². The number of esters is 1. The minimum absolute atomic E-state index is 0.189. The van der Waals surface area contributed by atoms with Gasteiger partial charge in [0.05, 0.1) is 23.6 Å². The minimum atomic E-state index is -0.995. The predicted molar refractivity (Wildman–Crippen MR) is 131 cm³/mol. The Morgan fingerprint density at radius 3 is 2.52 bits per heavy atom. The maximum Gasteiger partial charge on any atom is 0.308 e. The molecule has 2 aliphatic heterocycles. The van der Waals surface area contributed by atoms with Crippen LogP contribution in [0.1, 0.15) is 70.9 Å². The van der Waals surface area contributed by atoms with Crippen LogP contribution in [0.25, 0.3) is 0 Å². The van der Waals surface area contributed by atoms with Crippen molar-refractivity contribution in [2.75, 3.05) is 45.3 Å². The van der Waals surface area contributed by atoms with E-state index in [-0.39, 0.29) is 5.97 Å². The number of hydrogen-bond acceptors (Lipinski definition) is 7. The first kappa shape index (κ1) is 26.2. The molecule has 1 spiro atoms. The van der Waals surface area contributed by atoms with Crippen molar-refractivity contribution in [3.05, 3.63) is 23.0 Å². The van der Waals surface area contributed by atoms with Gasteiger partial charge >= 0.3 is 5.97 Å². The van der Waals surface area contributed by atoms with E-state index in [4.69, 9.17) is 25.8 Å². The van der Waals surface area contributed by atoms with Crippen molar-refractivity contribution >= 4 is 23.3 Å². The maximum atomic E-state index is 12.4. The Labute approximate surface area is 203 Å². The summed E-state index contributed by atoms with van der Waals surface area (Å²) >= 11 is 6.18. The Bertz CT molecular complexity index is 779. The number of cyclic esters (lactones) is 1. The van der Waals surface area contributed by atoms with Crippen molar-refractivity contribution in [2.45, 2.75) is 83.1 Å². The Kier molecular flexibility index (Phi) is 9.39. The molecule has 3 rings (SSSR count). The van der Waals surface area contributed by atoms with Gasteiger partial charge in [-0.05, 0) is 51.9 Å². The highest BCUT2D eigenvalue weighted by Gasteiger charge is 2.42. The van der Waals surface area contributed by atoms with E-state index >= 15 is 0 Å². The second-order valence-corrected chi connectivity index (χ2v) is 10.4. The number of piperidine rings is 1. The van der Waals surface area contributed by atoms with Gasteiger partial charge in [0.15, 0.2) is 0 Å². The number of halogens is 1. The Hall–Kier alpha value is -1.41. The van der Waals surface area contributed by atoms with E-state index in [1.807, 2.05) is 34.0 Å². The third-order valence-electron chi connectivity index (χ3n) is 6.25. The molecule has 0 unspecified atom stereocenters. The van der Waals surface area contributed by atoms with Crippen LogP contribution < -0.4 is 4.90 Å². The van der Waals surface area contributed by atoms with Gasteiger partial charge in [-0.25, -0.2) is 4.98 Å². The zero-order valence-corrected chi connectivity index (χ0v) is 21.5. The number of nitrogens with zero attached hydrogens (tertiary/aromatic N) is 3. The lowest BCUT2D eigenvalue weighted by atomic mass is 9.90. The monoisotopic (exact) mass is 481 g/mol. The van der Waals surface area contributed by atoms with E-state index in [0.29, 0.717) is 18.2 Å². The fraction of sp³-hybridized carbons (Fsp3) is 0.760. The van der Waals surface area contributed by atoms with Crippen LogP contribution in [0.15, 0.2) is 12.1 Å². The lowest BCUT2D eigenvalue weighted by Gasteiger charge is -2.46. The van der Waals surface area contributed by atoms with E-state index < -0.39 is 11.4 Å². The first-order chi connectivity index (χ1) is 15.7. The molecule has 7 nitrogen and oxygen atoms in total. The Balaban J connectivity index is 1.73. The summed E-state index contributed by atoms with van der Waals surface area (Å²) in [5.74, 6) is -1.18. The highest BCUT2D eigenvalue weighted by molar-refractivity contribution is 6.29. The summed E-state index contributed by atoms with van der Waals surface area (Å²) in [5.41, 5.74) is 1.59. The van der Waals surface area contributed by atoms with Crippen molar-refractivity contribution in [1.29, 1.82) is 0 Å². The number of hydrogen-bond donors (Lipinski definition) is 0. The number of rotatable bonds is 3. The molecule has 2 aliphatic rings. The molecule has 2 fully saturated rings. The highest BCUT2D eigenvalue weighted by atomic mass is 35.5. The van der Waals surface area contributed by atoms with Gasteiger partial charge in [0.1, 0.15) is 5.15 Å². The SMILES string of the molecule is CN(C)Cc1nc(Cl)ccc1N1CCC2(CC1)COCCCCCCCC(=O)OC(C)(C)O2. The van der Waals surface area contributed by atoms with Gasteiger partial charge in [-0.15, -0.1) is 0 Å². The molecule has 0 amide bonds. The standard InChI is InChI=1S/C25H40ClN3O4/c1-24(2)32-23(30)10-8-6-5-7-9-17-31-19-25(33-24)13-15-29(16-14-25)21-11-12-22(26)27-20(21)18-28(3)4/h11-12H,5-10,13-19H2,1-4H3. The highest BCUT2D eigenvalue weighted by Crippen LogP contribution is 2.35. The second-order valence-electron chi connectivity index (χ2n) is 10.1. The summed E-state index contributed by atoms with van der Waals surface area (Å²) in [5, 5.41) is 0.510. The molecule has 1 aromatic rings. The number of carbonyl (C=O) groups excluding carboxylic acids is 1. The van der Waals surface area contributed by atoms with Crippen molar-refractivity contribution in [2.24, 2.45) is 0 Å². The topological polar surface area (TPSA) is 64.1 Å². The first-order valence-electron chi connectivity index (χ1n) is 12.2. The van der Waals surface area contributed by atoms with Gasteiger partial charge in [-0.1, -0.05) is 30.9 Å². The molecule has 0 atom stereocenters. The molecule has 0 saturated carbocycles. The van der Waals surface area contributed by atoms with Crippen molar-refractivity contribution in [1.82, 2.24) is 9.88 Å². The molecule has 0 N–H and O–H groups in total. The number of carbonyl (C=O) groups is 1. The maximum absolute atomic E-state index is 12.4. The van der Waals surface area contributed by atoms with Crippen LogP contribution in [0.5, 0.6) is 0 Å². The van der Waals surface area contributed by atoms with Crippen LogP contribution >= 0.6 is 11.6 Å². The molecule has 0 aromatic carbocycles. The molecule has 33 heavy (non-hydrogen) atoms. The number of anilines is 1. The van der Waals surface area contributed by atoms with Gasteiger partial charge in [0, 0.05) is 46.5 Å². The quantitative estimate of drug-likeness (QED) is 0.453. The summed E-state index contributed by atoms with van der Waals surface area (Å²) < 4.78 is 18.4. The summed E-state index contributed by atoms with van der Waals surface area (Å²) in [7, 11) is 4.06. The van der Waals surface area contributed by atoms with Gasteiger partial charge in [-0.3, -0.25) is 4.79 Å². The van der Waals surface area contributed by atoms with Crippen LogP contribution in [-0.2, 0) is 25.5 Å². The van der Waals surface area contributed by atoms with Crippen LogP contribution in [0, 0.1) is 0 Å². The molecular formula is C25H40ClN3O4. The fourth-order valence-corrected chi connectivity index (χ4v) is 4.90. The average Bonchev–Trinajstić information content (AvgIpc) is 2.72. The molecule has 1 aromatic heterocycles. The van der Waals surface area contributed by atoms with Crippen molar-refractivity contribution in [3.8, 4) is 0 Å². The van der Waals surface area contributed by atoms with Crippen LogP contribution in [0.3, 0.4) is 0 Å². The van der Waals surface area contributed by atoms with Gasteiger partial charge in [0.2, 0.25) is 5.79 Å². The normalized spacial score (nSPS) is 22.7.